The smallest absolute Gasteiger partial charge is 0.337 e. The third-order valence-electron chi connectivity index (χ3n) is 6.15. The van der Waals surface area contributed by atoms with Gasteiger partial charge >= 0.3 is 5.97 Å². The van der Waals surface area contributed by atoms with Gasteiger partial charge in [-0.3, -0.25) is 4.90 Å². The van der Waals surface area contributed by atoms with Crippen molar-refractivity contribution in [2.75, 3.05) is 26.7 Å². The number of aryl methyl sites for hydroxylation is 2. The molecule has 194 valence electrons. The van der Waals surface area contributed by atoms with Gasteiger partial charge in [-0.05, 0) is 69.7 Å². The minimum Gasteiger partial charge on any atom is -0.465 e. The molecule has 0 saturated carbocycles. The summed E-state index contributed by atoms with van der Waals surface area (Å²) in [6.45, 7) is 20.5. The fourth-order valence-electron chi connectivity index (χ4n) is 5.06. The van der Waals surface area contributed by atoms with Crippen LogP contribution in [-0.2, 0) is 28.9 Å². The van der Waals surface area contributed by atoms with Crippen molar-refractivity contribution in [2.24, 2.45) is 0 Å². The average molecular weight is 475 g/mol. The SMILES string of the molecule is CC.CC.CC.COC(=O)c1ccc2c(c1)c1c(n2CCCN2C[C@@H](C)O[C@@H](C)C2)CCCC1. The molecule has 5 nitrogen and oxygen atoms in total. The number of fused-ring (bicyclic) bond motifs is 3. The fourth-order valence-corrected chi connectivity index (χ4v) is 5.06. The third-order valence-corrected chi connectivity index (χ3v) is 6.15. The zero-order valence-corrected chi connectivity index (χ0v) is 23.4. The van der Waals surface area contributed by atoms with Crippen molar-refractivity contribution >= 4 is 16.9 Å². The zero-order valence-electron chi connectivity index (χ0n) is 23.4. The number of methoxy groups -OCH3 is 1. The number of aromatic nitrogens is 1. The summed E-state index contributed by atoms with van der Waals surface area (Å²) in [5.41, 5.74) is 4.84. The van der Waals surface area contributed by atoms with Gasteiger partial charge in [0, 0.05) is 42.8 Å². The predicted molar refractivity (Wildman–Crippen MR) is 145 cm³/mol. The van der Waals surface area contributed by atoms with Gasteiger partial charge in [0.1, 0.15) is 0 Å². The maximum atomic E-state index is 12.0. The Kier molecular flexibility index (Phi) is 14.1. The molecule has 1 aliphatic heterocycles. The zero-order chi connectivity index (χ0) is 25.7. The van der Waals surface area contributed by atoms with Crippen LogP contribution in [0.3, 0.4) is 0 Å². The van der Waals surface area contributed by atoms with E-state index >= 15 is 0 Å². The molecule has 4 rings (SSSR count). The molecule has 1 aliphatic carbocycles. The van der Waals surface area contributed by atoms with Crippen molar-refractivity contribution in [3.05, 3.63) is 35.0 Å². The lowest BCUT2D eigenvalue weighted by atomic mass is 9.95. The van der Waals surface area contributed by atoms with Crippen LogP contribution < -0.4 is 0 Å². The molecule has 0 unspecified atom stereocenters. The van der Waals surface area contributed by atoms with E-state index in [9.17, 15) is 4.79 Å². The van der Waals surface area contributed by atoms with Gasteiger partial charge in [0.25, 0.3) is 0 Å². The van der Waals surface area contributed by atoms with Crippen LogP contribution >= 0.6 is 0 Å². The molecule has 1 saturated heterocycles. The summed E-state index contributed by atoms with van der Waals surface area (Å²) < 4.78 is 13.3. The first-order valence-corrected chi connectivity index (χ1v) is 13.7. The minimum atomic E-state index is -0.255. The largest absolute Gasteiger partial charge is 0.465 e. The first kappa shape index (κ1) is 30.2. The summed E-state index contributed by atoms with van der Waals surface area (Å²) in [6.07, 6.45) is 6.52. The number of rotatable bonds is 5. The van der Waals surface area contributed by atoms with E-state index in [0.717, 1.165) is 45.4 Å². The van der Waals surface area contributed by atoms with Crippen LogP contribution in [0.2, 0.25) is 0 Å². The molecule has 0 bridgehead atoms. The van der Waals surface area contributed by atoms with E-state index in [2.05, 4.69) is 29.4 Å². The van der Waals surface area contributed by atoms with Gasteiger partial charge in [0.15, 0.2) is 0 Å². The molecule has 1 aromatic carbocycles. The Morgan fingerprint density at radius 1 is 0.971 bits per heavy atom. The number of carbonyl (C=O) groups is 1. The van der Waals surface area contributed by atoms with Crippen LogP contribution in [0.5, 0.6) is 0 Å². The molecule has 2 aromatic rings. The molecule has 2 atom stereocenters. The summed E-state index contributed by atoms with van der Waals surface area (Å²) in [5, 5.41) is 1.24. The van der Waals surface area contributed by atoms with Gasteiger partial charge in [-0.15, -0.1) is 0 Å². The normalized spacial score (nSPS) is 19.4. The molecule has 34 heavy (non-hydrogen) atoms. The van der Waals surface area contributed by atoms with E-state index in [1.54, 1.807) is 0 Å². The maximum absolute atomic E-state index is 12.0. The lowest BCUT2D eigenvalue weighted by Gasteiger charge is -2.35. The number of ether oxygens (including phenoxy) is 2. The van der Waals surface area contributed by atoms with E-state index in [-0.39, 0.29) is 5.97 Å². The first-order chi connectivity index (χ1) is 16.6. The van der Waals surface area contributed by atoms with E-state index in [1.807, 2.05) is 53.7 Å². The second kappa shape index (κ2) is 15.9. The van der Waals surface area contributed by atoms with E-state index in [1.165, 1.54) is 42.1 Å². The van der Waals surface area contributed by atoms with Crippen molar-refractivity contribution in [3.8, 4) is 0 Å². The van der Waals surface area contributed by atoms with Gasteiger partial charge in [-0.2, -0.15) is 0 Å². The average Bonchev–Trinajstić information content (AvgIpc) is 3.20. The van der Waals surface area contributed by atoms with Gasteiger partial charge in [-0.25, -0.2) is 4.79 Å². The quantitative estimate of drug-likeness (QED) is 0.443. The van der Waals surface area contributed by atoms with Crippen LogP contribution in [0, 0.1) is 0 Å². The molecule has 2 heterocycles. The highest BCUT2D eigenvalue weighted by Gasteiger charge is 2.23. The molecule has 0 radical (unpaired) electrons. The fraction of sp³-hybridized carbons (Fsp3) is 0.690. The standard InChI is InChI=1S/C23H32N2O3.3C2H6/c1-16-14-24(15-17(2)28-16)11-6-12-25-21-8-5-4-7-19(21)20-13-18(23(26)27-3)9-10-22(20)25;3*1-2/h9-10,13,16-17H,4-8,11-12,14-15H2,1-3H3;3*1-2H3/t16-,17+;;;. The Bertz CT molecular complexity index is 849. The Hall–Kier alpha value is -1.85. The molecule has 2 aliphatic rings. The highest BCUT2D eigenvalue weighted by molar-refractivity contribution is 5.96. The van der Waals surface area contributed by atoms with E-state index in [4.69, 9.17) is 9.47 Å². The Balaban J connectivity index is 0.000000894. The second-order valence-electron chi connectivity index (χ2n) is 8.38. The second-order valence-corrected chi connectivity index (χ2v) is 8.38. The lowest BCUT2D eigenvalue weighted by Crippen LogP contribution is -2.45. The Morgan fingerprint density at radius 2 is 1.59 bits per heavy atom. The number of hydrogen-bond donors (Lipinski definition) is 0. The lowest BCUT2D eigenvalue weighted by molar-refractivity contribution is -0.0682. The van der Waals surface area contributed by atoms with Crippen molar-refractivity contribution in [1.29, 1.82) is 0 Å². The van der Waals surface area contributed by atoms with Crippen molar-refractivity contribution in [1.82, 2.24) is 9.47 Å². The van der Waals surface area contributed by atoms with Crippen LogP contribution in [0.25, 0.3) is 10.9 Å². The number of nitrogens with zero attached hydrogens (tertiary/aromatic N) is 2. The predicted octanol–water partition coefficient (Wildman–Crippen LogP) is 6.88. The van der Waals surface area contributed by atoms with Crippen LogP contribution in [0.4, 0.5) is 0 Å². The summed E-state index contributed by atoms with van der Waals surface area (Å²) >= 11 is 0. The molecule has 1 aromatic heterocycles. The molecule has 0 spiro atoms. The monoisotopic (exact) mass is 474 g/mol. The summed E-state index contributed by atoms with van der Waals surface area (Å²) in [5.74, 6) is -0.255. The molecular formula is C29H50N2O3. The minimum absolute atomic E-state index is 0.255. The highest BCUT2D eigenvalue weighted by Crippen LogP contribution is 2.33. The van der Waals surface area contributed by atoms with Gasteiger partial charge in [0.2, 0.25) is 0 Å². The molecule has 0 N–H and O–H groups in total. The molecule has 1 fully saturated rings. The van der Waals surface area contributed by atoms with Crippen LogP contribution in [-0.4, -0.2) is 54.4 Å². The van der Waals surface area contributed by atoms with E-state index < -0.39 is 0 Å². The summed E-state index contributed by atoms with van der Waals surface area (Å²) in [4.78, 5) is 14.5. The molecule has 0 amide bonds. The summed E-state index contributed by atoms with van der Waals surface area (Å²) in [6, 6.07) is 6.05. The topological polar surface area (TPSA) is 43.7 Å². The van der Waals surface area contributed by atoms with Gasteiger partial charge < -0.3 is 14.0 Å². The number of benzene rings is 1. The Labute approximate surface area is 208 Å². The van der Waals surface area contributed by atoms with Crippen molar-refractivity contribution < 1.29 is 14.3 Å². The van der Waals surface area contributed by atoms with E-state index in [0.29, 0.717) is 17.8 Å². The van der Waals surface area contributed by atoms with Crippen molar-refractivity contribution in [3.63, 3.8) is 0 Å². The van der Waals surface area contributed by atoms with Crippen LogP contribution in [0.1, 0.15) is 96.3 Å². The van der Waals surface area contributed by atoms with Crippen LogP contribution in [0.15, 0.2) is 18.2 Å². The molecule has 5 heteroatoms. The first-order valence-electron chi connectivity index (χ1n) is 13.7. The molecular weight excluding hydrogens is 424 g/mol. The number of hydrogen-bond acceptors (Lipinski definition) is 4. The summed E-state index contributed by atoms with van der Waals surface area (Å²) in [7, 11) is 1.44. The highest BCUT2D eigenvalue weighted by atomic mass is 16.5. The third kappa shape index (κ3) is 7.58. The Morgan fingerprint density at radius 3 is 2.21 bits per heavy atom. The maximum Gasteiger partial charge on any atom is 0.337 e. The number of esters is 1. The van der Waals surface area contributed by atoms with Gasteiger partial charge in [-0.1, -0.05) is 41.5 Å². The number of carbonyl (C=O) groups excluding carboxylic acids is 1. The van der Waals surface area contributed by atoms with Crippen molar-refractivity contribution in [2.45, 2.75) is 106 Å². The van der Waals surface area contributed by atoms with Gasteiger partial charge in [0.05, 0.1) is 24.9 Å². The number of morpholine rings is 1.